The second-order valence-corrected chi connectivity index (χ2v) is 9.20. The Morgan fingerprint density at radius 1 is 1.21 bits per heavy atom. The average Bonchev–Trinajstić information content (AvgIpc) is 3.47. The van der Waals surface area contributed by atoms with Gasteiger partial charge in [0.05, 0.1) is 10.8 Å². The fraction of sp³-hybridized carbons (Fsp3) is 0.571. The summed E-state index contributed by atoms with van der Waals surface area (Å²) in [4.78, 5) is 12.6. The van der Waals surface area contributed by atoms with E-state index in [0.29, 0.717) is 28.5 Å². The third-order valence-corrected chi connectivity index (χ3v) is 6.69. The molecule has 150 valence electrons. The van der Waals surface area contributed by atoms with Gasteiger partial charge in [-0.05, 0) is 50.7 Å². The monoisotopic (exact) mass is 402 g/mol. The van der Waals surface area contributed by atoms with Gasteiger partial charge in [-0.1, -0.05) is 43.2 Å². The fourth-order valence-electron chi connectivity index (χ4n) is 3.84. The van der Waals surface area contributed by atoms with Crippen LogP contribution in [0.4, 0.5) is 4.39 Å². The lowest BCUT2D eigenvalue weighted by Crippen LogP contribution is -2.35. The second-order valence-electron chi connectivity index (χ2n) is 7.90. The van der Waals surface area contributed by atoms with Crippen LogP contribution in [-0.4, -0.2) is 32.5 Å². The Hall–Kier alpha value is -1.89. The third-order valence-electron chi connectivity index (χ3n) is 5.63. The summed E-state index contributed by atoms with van der Waals surface area (Å²) in [6, 6.07) is 6.94. The van der Waals surface area contributed by atoms with Gasteiger partial charge in [0.15, 0.2) is 11.0 Å². The normalized spacial score (nSPS) is 18.8. The number of nitrogens with zero attached hydrogens (tertiary/aromatic N) is 3. The SMILES string of the molecule is CC(Sc1nnc(-c2ccccc2F)n1C1CC1)C(=O)NCC1CCCCC1. The molecule has 2 saturated carbocycles. The van der Waals surface area contributed by atoms with Crippen LogP contribution in [0.5, 0.6) is 0 Å². The highest BCUT2D eigenvalue weighted by atomic mass is 32.2. The first-order valence-electron chi connectivity index (χ1n) is 10.3. The second kappa shape index (κ2) is 8.64. The number of aromatic nitrogens is 3. The Morgan fingerprint density at radius 3 is 2.68 bits per heavy atom. The van der Waals surface area contributed by atoms with E-state index in [1.54, 1.807) is 18.2 Å². The average molecular weight is 403 g/mol. The molecule has 2 aliphatic carbocycles. The maximum Gasteiger partial charge on any atom is 0.233 e. The first-order valence-corrected chi connectivity index (χ1v) is 11.2. The number of rotatable bonds is 7. The van der Waals surface area contributed by atoms with Crippen LogP contribution in [0.25, 0.3) is 11.4 Å². The van der Waals surface area contributed by atoms with Crippen LogP contribution in [0.2, 0.25) is 0 Å². The van der Waals surface area contributed by atoms with Crippen molar-refractivity contribution < 1.29 is 9.18 Å². The van der Waals surface area contributed by atoms with Crippen LogP contribution in [0.1, 0.15) is 57.9 Å². The van der Waals surface area contributed by atoms with Crippen molar-refractivity contribution in [1.29, 1.82) is 0 Å². The largest absolute Gasteiger partial charge is 0.355 e. The van der Waals surface area contributed by atoms with Gasteiger partial charge in [-0.3, -0.25) is 9.36 Å². The zero-order valence-corrected chi connectivity index (χ0v) is 17.1. The highest BCUT2D eigenvalue weighted by Crippen LogP contribution is 2.42. The molecule has 28 heavy (non-hydrogen) atoms. The molecule has 1 amide bonds. The fourth-order valence-corrected chi connectivity index (χ4v) is 4.78. The van der Waals surface area contributed by atoms with E-state index in [1.807, 2.05) is 11.5 Å². The van der Waals surface area contributed by atoms with Crippen molar-refractivity contribution in [3.05, 3.63) is 30.1 Å². The van der Waals surface area contributed by atoms with E-state index in [1.165, 1.54) is 49.9 Å². The third kappa shape index (κ3) is 4.40. The van der Waals surface area contributed by atoms with E-state index in [4.69, 9.17) is 0 Å². The summed E-state index contributed by atoms with van der Waals surface area (Å²) in [5, 5.41) is 12.1. The molecular formula is C21H27FN4OS. The Bertz CT molecular complexity index is 830. The molecule has 2 fully saturated rings. The minimum Gasteiger partial charge on any atom is -0.355 e. The molecule has 0 radical (unpaired) electrons. The maximum absolute atomic E-state index is 14.3. The lowest BCUT2D eigenvalue weighted by Gasteiger charge is -2.22. The molecule has 2 aromatic rings. The number of amides is 1. The van der Waals surface area contributed by atoms with Gasteiger partial charge in [-0.15, -0.1) is 10.2 Å². The van der Waals surface area contributed by atoms with E-state index in [-0.39, 0.29) is 17.0 Å². The van der Waals surface area contributed by atoms with Crippen molar-refractivity contribution in [3.63, 3.8) is 0 Å². The standard InChI is InChI=1S/C21H27FN4OS/c1-14(20(27)23-13-15-7-3-2-4-8-15)28-21-25-24-19(26(21)16-11-12-16)17-9-5-6-10-18(17)22/h5-6,9-10,14-16H,2-4,7-8,11-13H2,1H3,(H,23,27). The van der Waals surface area contributed by atoms with Crippen LogP contribution in [-0.2, 0) is 4.79 Å². The number of carbonyl (C=O) groups is 1. The van der Waals surface area contributed by atoms with Crippen molar-refractivity contribution in [2.24, 2.45) is 5.92 Å². The van der Waals surface area contributed by atoms with E-state index < -0.39 is 0 Å². The molecule has 4 rings (SSSR count). The molecule has 0 bridgehead atoms. The lowest BCUT2D eigenvalue weighted by atomic mass is 9.89. The number of nitrogens with one attached hydrogen (secondary N) is 1. The van der Waals surface area contributed by atoms with Crippen LogP contribution >= 0.6 is 11.8 Å². The molecule has 0 saturated heterocycles. The van der Waals surface area contributed by atoms with Crippen molar-refractivity contribution >= 4 is 17.7 Å². The van der Waals surface area contributed by atoms with Gasteiger partial charge >= 0.3 is 0 Å². The molecule has 1 unspecified atom stereocenters. The Labute approximate surface area is 169 Å². The zero-order chi connectivity index (χ0) is 19.5. The molecule has 7 heteroatoms. The molecule has 1 N–H and O–H groups in total. The Morgan fingerprint density at radius 2 is 1.96 bits per heavy atom. The highest BCUT2D eigenvalue weighted by Gasteiger charge is 2.32. The molecule has 1 heterocycles. The van der Waals surface area contributed by atoms with Crippen molar-refractivity contribution in [2.75, 3.05) is 6.54 Å². The number of carbonyl (C=O) groups excluding carboxylic acids is 1. The van der Waals surface area contributed by atoms with E-state index >= 15 is 0 Å². The van der Waals surface area contributed by atoms with E-state index in [0.717, 1.165) is 19.4 Å². The van der Waals surface area contributed by atoms with Crippen LogP contribution in [0, 0.1) is 11.7 Å². The molecule has 0 aliphatic heterocycles. The summed E-state index contributed by atoms with van der Waals surface area (Å²) >= 11 is 1.41. The van der Waals surface area contributed by atoms with Crippen LogP contribution in [0.3, 0.4) is 0 Å². The first kappa shape index (κ1) is 19.4. The summed E-state index contributed by atoms with van der Waals surface area (Å²) in [5.41, 5.74) is 0.461. The molecular weight excluding hydrogens is 375 g/mol. The minimum atomic E-state index is -0.299. The summed E-state index contributed by atoms with van der Waals surface area (Å²) in [6.45, 7) is 2.66. The molecule has 0 spiro atoms. The topological polar surface area (TPSA) is 59.8 Å². The summed E-state index contributed by atoms with van der Waals surface area (Å²) in [7, 11) is 0. The highest BCUT2D eigenvalue weighted by molar-refractivity contribution is 8.00. The number of hydrogen-bond donors (Lipinski definition) is 1. The quantitative estimate of drug-likeness (QED) is 0.688. The summed E-state index contributed by atoms with van der Waals surface area (Å²) in [5.74, 6) is 0.899. The van der Waals surface area contributed by atoms with Gasteiger partial charge in [0.2, 0.25) is 5.91 Å². The Balaban J connectivity index is 1.44. The van der Waals surface area contributed by atoms with Gasteiger partial charge in [-0.25, -0.2) is 4.39 Å². The van der Waals surface area contributed by atoms with Crippen LogP contribution in [0.15, 0.2) is 29.4 Å². The van der Waals surface area contributed by atoms with Crippen molar-refractivity contribution in [1.82, 2.24) is 20.1 Å². The van der Waals surface area contributed by atoms with Gasteiger partial charge in [0, 0.05) is 12.6 Å². The smallest absolute Gasteiger partial charge is 0.233 e. The van der Waals surface area contributed by atoms with Crippen LogP contribution < -0.4 is 5.32 Å². The summed E-state index contributed by atoms with van der Waals surface area (Å²) < 4.78 is 16.3. The van der Waals surface area contributed by atoms with Crippen molar-refractivity contribution in [2.45, 2.75) is 68.3 Å². The lowest BCUT2D eigenvalue weighted by molar-refractivity contribution is -0.120. The zero-order valence-electron chi connectivity index (χ0n) is 16.2. The molecule has 1 aromatic heterocycles. The number of thioether (sulfide) groups is 1. The number of benzene rings is 1. The minimum absolute atomic E-state index is 0.0355. The van der Waals surface area contributed by atoms with E-state index in [2.05, 4.69) is 15.5 Å². The first-order chi connectivity index (χ1) is 13.6. The Kier molecular flexibility index (Phi) is 5.99. The van der Waals surface area contributed by atoms with Gasteiger partial charge in [0.1, 0.15) is 5.82 Å². The summed E-state index contributed by atoms with van der Waals surface area (Å²) in [6.07, 6.45) is 8.36. The van der Waals surface area contributed by atoms with Crippen molar-refractivity contribution in [3.8, 4) is 11.4 Å². The van der Waals surface area contributed by atoms with E-state index in [9.17, 15) is 9.18 Å². The number of halogens is 1. The predicted octanol–water partition coefficient (Wildman–Crippen LogP) is 4.60. The molecule has 5 nitrogen and oxygen atoms in total. The number of hydrogen-bond acceptors (Lipinski definition) is 4. The predicted molar refractivity (Wildman–Crippen MR) is 109 cm³/mol. The maximum atomic E-state index is 14.3. The van der Waals surface area contributed by atoms with Gasteiger partial charge < -0.3 is 5.32 Å². The van der Waals surface area contributed by atoms with Gasteiger partial charge in [-0.2, -0.15) is 0 Å². The molecule has 1 atom stereocenters. The van der Waals surface area contributed by atoms with Gasteiger partial charge in [0.25, 0.3) is 0 Å². The molecule has 1 aromatic carbocycles. The molecule has 2 aliphatic rings.